The van der Waals surface area contributed by atoms with Gasteiger partial charge in [0.15, 0.2) is 5.65 Å². The SMILES string of the molecule is N=C/C(=C\NCCO)c1ccc2nnn(Cc3nc4cccnc4s3)c2n1. The Balaban J connectivity index is 1.67. The third-order valence-corrected chi connectivity index (χ3v) is 4.78. The maximum atomic E-state index is 8.87. The molecular formula is C17H16N8OS. The van der Waals surface area contributed by atoms with Crippen molar-refractivity contribution in [1.29, 1.82) is 5.41 Å². The predicted octanol–water partition coefficient (Wildman–Crippen LogP) is 1.45. The maximum Gasteiger partial charge on any atom is 0.179 e. The highest BCUT2D eigenvalue weighted by atomic mass is 32.1. The van der Waals surface area contributed by atoms with Crippen molar-refractivity contribution in [3.8, 4) is 0 Å². The average molecular weight is 380 g/mol. The standard InChI is InChI=1S/C17H16N8OS/c18-8-11(9-19-6-7-26)12-3-4-13-16(22-12)25(24-23-13)10-15-21-14-2-1-5-20-17(14)27-15/h1-5,8-9,18-19,26H,6-7,10H2/b11-9+,18-8?. The topological polar surface area (TPSA) is 125 Å². The second-order valence-corrected chi connectivity index (χ2v) is 6.71. The fourth-order valence-corrected chi connectivity index (χ4v) is 3.45. The van der Waals surface area contributed by atoms with Crippen molar-refractivity contribution in [3.63, 3.8) is 0 Å². The number of nitrogens with zero attached hydrogens (tertiary/aromatic N) is 6. The van der Waals surface area contributed by atoms with Crippen LogP contribution in [0.3, 0.4) is 0 Å². The summed E-state index contributed by atoms with van der Waals surface area (Å²) in [5, 5.41) is 28.6. The van der Waals surface area contributed by atoms with Crippen LogP contribution in [-0.4, -0.2) is 54.4 Å². The molecule has 0 spiro atoms. The lowest BCUT2D eigenvalue weighted by Gasteiger charge is -2.04. The zero-order chi connectivity index (χ0) is 18.6. The second kappa shape index (κ2) is 7.56. The lowest BCUT2D eigenvalue weighted by atomic mass is 10.2. The summed E-state index contributed by atoms with van der Waals surface area (Å²) < 4.78 is 1.69. The molecule has 3 N–H and O–H groups in total. The molecule has 0 radical (unpaired) electrons. The smallest absolute Gasteiger partial charge is 0.179 e. The number of rotatable bonds is 7. The molecule has 27 heavy (non-hydrogen) atoms. The molecule has 0 bridgehead atoms. The van der Waals surface area contributed by atoms with E-state index >= 15 is 0 Å². The minimum atomic E-state index is 0.0158. The molecule has 0 amide bonds. The summed E-state index contributed by atoms with van der Waals surface area (Å²) >= 11 is 1.51. The Bertz CT molecular complexity index is 1100. The fourth-order valence-electron chi connectivity index (χ4n) is 2.57. The van der Waals surface area contributed by atoms with Gasteiger partial charge in [-0.25, -0.2) is 19.6 Å². The quantitative estimate of drug-likeness (QED) is 0.327. The van der Waals surface area contributed by atoms with Gasteiger partial charge in [-0.15, -0.1) is 5.10 Å². The van der Waals surface area contributed by atoms with Crippen molar-refractivity contribution < 1.29 is 5.11 Å². The summed E-state index contributed by atoms with van der Waals surface area (Å²) in [5.74, 6) is 0. The average Bonchev–Trinajstić information content (AvgIpc) is 3.29. The van der Waals surface area contributed by atoms with Gasteiger partial charge in [-0.1, -0.05) is 16.6 Å². The molecule has 4 aromatic rings. The number of nitrogens with one attached hydrogen (secondary N) is 2. The summed E-state index contributed by atoms with van der Waals surface area (Å²) in [6.45, 7) is 0.868. The molecule has 0 saturated carbocycles. The normalized spacial score (nSPS) is 12.0. The zero-order valence-electron chi connectivity index (χ0n) is 14.2. The number of hydrogen-bond donors (Lipinski definition) is 3. The summed E-state index contributed by atoms with van der Waals surface area (Å²) in [7, 11) is 0. The molecule has 136 valence electrons. The first-order valence-electron chi connectivity index (χ1n) is 8.24. The number of aliphatic hydroxyl groups excluding tert-OH is 1. The van der Waals surface area contributed by atoms with Gasteiger partial charge in [0.05, 0.1) is 18.8 Å². The van der Waals surface area contributed by atoms with Crippen molar-refractivity contribution in [1.82, 2.24) is 35.3 Å². The minimum Gasteiger partial charge on any atom is -0.395 e. The van der Waals surface area contributed by atoms with Crippen LogP contribution in [0.25, 0.3) is 27.1 Å². The first-order valence-corrected chi connectivity index (χ1v) is 9.06. The molecule has 0 fully saturated rings. The van der Waals surface area contributed by atoms with E-state index in [1.807, 2.05) is 18.2 Å². The molecule has 9 nitrogen and oxygen atoms in total. The lowest BCUT2D eigenvalue weighted by molar-refractivity contribution is 0.298. The van der Waals surface area contributed by atoms with Gasteiger partial charge in [-0.2, -0.15) is 0 Å². The van der Waals surface area contributed by atoms with Crippen LogP contribution in [0, 0.1) is 5.41 Å². The van der Waals surface area contributed by atoms with Crippen LogP contribution in [0.1, 0.15) is 10.7 Å². The zero-order valence-corrected chi connectivity index (χ0v) is 15.0. The molecule has 0 aliphatic heterocycles. The molecule has 0 unspecified atom stereocenters. The lowest BCUT2D eigenvalue weighted by Crippen LogP contribution is -2.12. The highest BCUT2D eigenvalue weighted by Crippen LogP contribution is 2.21. The van der Waals surface area contributed by atoms with Crippen molar-refractivity contribution in [3.05, 3.63) is 47.4 Å². The van der Waals surface area contributed by atoms with E-state index in [1.54, 1.807) is 23.1 Å². The Morgan fingerprint density at radius 3 is 3.00 bits per heavy atom. The third-order valence-electron chi connectivity index (χ3n) is 3.82. The van der Waals surface area contributed by atoms with Crippen LogP contribution in [0.4, 0.5) is 0 Å². The van der Waals surface area contributed by atoms with Crippen molar-refractivity contribution in [2.45, 2.75) is 6.54 Å². The molecule has 0 aliphatic carbocycles. The summed E-state index contributed by atoms with van der Waals surface area (Å²) in [6.07, 6.45) is 4.62. The van der Waals surface area contributed by atoms with Gasteiger partial charge < -0.3 is 15.8 Å². The van der Waals surface area contributed by atoms with Crippen LogP contribution in [-0.2, 0) is 6.54 Å². The van der Waals surface area contributed by atoms with E-state index in [1.165, 1.54) is 17.6 Å². The molecule has 0 atom stereocenters. The van der Waals surface area contributed by atoms with Gasteiger partial charge in [-0.3, -0.25) is 0 Å². The molecule has 4 heterocycles. The Kier molecular flexibility index (Phi) is 4.81. The van der Waals surface area contributed by atoms with Gasteiger partial charge >= 0.3 is 0 Å². The number of aromatic nitrogens is 6. The molecule has 0 aliphatic rings. The molecule has 10 heteroatoms. The van der Waals surface area contributed by atoms with E-state index in [-0.39, 0.29) is 6.61 Å². The van der Waals surface area contributed by atoms with E-state index in [0.29, 0.717) is 35.5 Å². The van der Waals surface area contributed by atoms with Gasteiger partial charge in [-0.05, 0) is 24.3 Å². The van der Waals surface area contributed by atoms with Crippen LogP contribution >= 0.6 is 11.3 Å². The van der Waals surface area contributed by atoms with Crippen molar-refractivity contribution in [2.75, 3.05) is 13.2 Å². The highest BCUT2D eigenvalue weighted by Gasteiger charge is 2.12. The van der Waals surface area contributed by atoms with Crippen molar-refractivity contribution in [2.24, 2.45) is 0 Å². The Morgan fingerprint density at radius 1 is 1.26 bits per heavy atom. The first-order chi connectivity index (χ1) is 13.3. The fraction of sp³-hybridized carbons (Fsp3) is 0.176. The van der Waals surface area contributed by atoms with Gasteiger partial charge in [0.1, 0.15) is 20.9 Å². The Labute approximate surface area is 157 Å². The summed E-state index contributed by atoms with van der Waals surface area (Å²) in [6, 6.07) is 7.41. The van der Waals surface area contributed by atoms with E-state index < -0.39 is 0 Å². The van der Waals surface area contributed by atoms with E-state index in [4.69, 9.17) is 10.5 Å². The monoisotopic (exact) mass is 380 g/mol. The molecule has 0 aromatic carbocycles. The summed E-state index contributed by atoms with van der Waals surface area (Å²) in [5.41, 5.74) is 3.37. The van der Waals surface area contributed by atoms with Crippen LogP contribution in [0.2, 0.25) is 0 Å². The molecule has 0 saturated heterocycles. The van der Waals surface area contributed by atoms with E-state index in [9.17, 15) is 0 Å². The predicted molar refractivity (Wildman–Crippen MR) is 104 cm³/mol. The first kappa shape index (κ1) is 17.2. The Morgan fingerprint density at radius 2 is 2.19 bits per heavy atom. The Hall–Kier alpha value is -3.24. The number of pyridine rings is 2. The number of aliphatic hydroxyl groups is 1. The third kappa shape index (κ3) is 3.52. The largest absolute Gasteiger partial charge is 0.395 e. The number of allylic oxidation sites excluding steroid dienone is 1. The van der Waals surface area contributed by atoms with E-state index in [0.717, 1.165) is 15.4 Å². The van der Waals surface area contributed by atoms with E-state index in [2.05, 4.69) is 30.6 Å². The minimum absolute atomic E-state index is 0.0158. The molecular weight excluding hydrogens is 364 g/mol. The van der Waals surface area contributed by atoms with Gasteiger partial charge in [0.2, 0.25) is 0 Å². The van der Waals surface area contributed by atoms with Crippen LogP contribution in [0.5, 0.6) is 0 Å². The molecule has 4 aromatic heterocycles. The molecule has 4 rings (SSSR count). The number of fused-ring (bicyclic) bond motifs is 2. The van der Waals surface area contributed by atoms with Crippen LogP contribution in [0.15, 0.2) is 36.7 Å². The number of thiazole rings is 1. The second-order valence-electron chi connectivity index (χ2n) is 5.64. The van der Waals surface area contributed by atoms with Crippen LogP contribution < -0.4 is 5.32 Å². The number of hydrogen-bond acceptors (Lipinski definition) is 9. The summed E-state index contributed by atoms with van der Waals surface area (Å²) in [4.78, 5) is 14.4. The van der Waals surface area contributed by atoms with Gasteiger partial charge in [0, 0.05) is 30.7 Å². The van der Waals surface area contributed by atoms with Crippen molar-refractivity contribution >= 4 is 44.6 Å². The van der Waals surface area contributed by atoms with Gasteiger partial charge in [0.25, 0.3) is 0 Å². The highest BCUT2D eigenvalue weighted by molar-refractivity contribution is 7.18. The maximum absolute atomic E-state index is 8.87.